The van der Waals surface area contributed by atoms with Gasteiger partial charge in [-0.25, -0.2) is 5.43 Å². The molecule has 7 nitrogen and oxygen atoms in total. The highest BCUT2D eigenvalue weighted by molar-refractivity contribution is 14.1. The number of nitrogens with one attached hydrogen (secondary N) is 2. The molecule has 0 radical (unpaired) electrons. The van der Waals surface area contributed by atoms with Crippen LogP contribution in [0.3, 0.4) is 0 Å². The molecule has 0 aliphatic heterocycles. The summed E-state index contributed by atoms with van der Waals surface area (Å²) >= 11 is 2.15. The summed E-state index contributed by atoms with van der Waals surface area (Å²) in [6.07, 6.45) is 4.54. The normalized spacial score (nSPS) is 10.4. The van der Waals surface area contributed by atoms with Crippen molar-refractivity contribution in [2.75, 3.05) is 13.7 Å². The third-order valence-corrected chi connectivity index (χ3v) is 3.77. The van der Waals surface area contributed by atoms with Gasteiger partial charge < -0.3 is 10.1 Å². The molecule has 0 bridgehead atoms. The van der Waals surface area contributed by atoms with Crippen molar-refractivity contribution in [3.63, 3.8) is 0 Å². The number of pyridine rings is 1. The van der Waals surface area contributed by atoms with Crippen LogP contribution in [0.15, 0.2) is 47.8 Å². The van der Waals surface area contributed by atoms with E-state index in [1.807, 2.05) is 18.2 Å². The van der Waals surface area contributed by atoms with Crippen LogP contribution in [0, 0.1) is 3.57 Å². The molecule has 0 atom stereocenters. The number of benzene rings is 1. The molecule has 1 heterocycles. The molecule has 24 heavy (non-hydrogen) atoms. The number of carbonyl (C=O) groups is 2. The van der Waals surface area contributed by atoms with E-state index in [9.17, 15) is 9.59 Å². The molecule has 2 amide bonds. The SMILES string of the molecule is COc1ccc(C=NNC(=O)CNC(=O)c2ccncc2)cc1I. The molecule has 0 aliphatic rings. The molecule has 2 N–H and O–H groups in total. The summed E-state index contributed by atoms with van der Waals surface area (Å²) in [4.78, 5) is 27.3. The van der Waals surface area contributed by atoms with Gasteiger partial charge in [-0.1, -0.05) is 0 Å². The monoisotopic (exact) mass is 438 g/mol. The van der Waals surface area contributed by atoms with Crippen LogP contribution >= 0.6 is 22.6 Å². The molecule has 2 aromatic rings. The van der Waals surface area contributed by atoms with E-state index in [4.69, 9.17) is 4.74 Å². The lowest BCUT2D eigenvalue weighted by Gasteiger charge is -2.04. The minimum absolute atomic E-state index is 0.168. The van der Waals surface area contributed by atoms with Crippen LogP contribution in [-0.2, 0) is 4.79 Å². The molecular weight excluding hydrogens is 423 g/mol. The predicted octanol–water partition coefficient (Wildman–Crippen LogP) is 1.57. The summed E-state index contributed by atoms with van der Waals surface area (Å²) in [5, 5.41) is 6.36. The predicted molar refractivity (Wildman–Crippen MR) is 98.0 cm³/mol. The van der Waals surface area contributed by atoms with Crippen LogP contribution in [0.1, 0.15) is 15.9 Å². The van der Waals surface area contributed by atoms with Gasteiger partial charge in [0.1, 0.15) is 5.75 Å². The van der Waals surface area contributed by atoms with Gasteiger partial charge in [0.2, 0.25) is 0 Å². The molecule has 0 saturated carbocycles. The minimum Gasteiger partial charge on any atom is -0.496 e. The number of ether oxygens (including phenoxy) is 1. The van der Waals surface area contributed by atoms with Gasteiger partial charge in [-0.3, -0.25) is 14.6 Å². The largest absolute Gasteiger partial charge is 0.496 e. The lowest BCUT2D eigenvalue weighted by Crippen LogP contribution is -2.34. The van der Waals surface area contributed by atoms with Crippen molar-refractivity contribution in [3.05, 3.63) is 57.4 Å². The topological polar surface area (TPSA) is 92.7 Å². The van der Waals surface area contributed by atoms with E-state index in [0.717, 1.165) is 14.9 Å². The fraction of sp³-hybridized carbons (Fsp3) is 0.125. The van der Waals surface area contributed by atoms with E-state index in [2.05, 4.69) is 43.4 Å². The second-order valence-electron chi connectivity index (χ2n) is 4.61. The maximum absolute atomic E-state index is 11.8. The van der Waals surface area contributed by atoms with Crippen molar-refractivity contribution in [3.8, 4) is 5.75 Å². The molecule has 0 saturated heterocycles. The molecule has 1 aromatic carbocycles. The Morgan fingerprint density at radius 1 is 1.29 bits per heavy atom. The van der Waals surface area contributed by atoms with Gasteiger partial charge in [0, 0.05) is 18.0 Å². The first-order chi connectivity index (χ1) is 11.6. The van der Waals surface area contributed by atoms with Gasteiger partial charge in [-0.2, -0.15) is 5.10 Å². The Morgan fingerprint density at radius 2 is 2.04 bits per heavy atom. The highest BCUT2D eigenvalue weighted by Gasteiger charge is 2.06. The van der Waals surface area contributed by atoms with Crippen molar-refractivity contribution < 1.29 is 14.3 Å². The molecular formula is C16H15IN4O3. The molecule has 0 fully saturated rings. The van der Waals surface area contributed by atoms with Gasteiger partial charge in [-0.05, 0) is 58.5 Å². The zero-order valence-corrected chi connectivity index (χ0v) is 15.0. The van der Waals surface area contributed by atoms with Crippen LogP contribution < -0.4 is 15.5 Å². The average Bonchev–Trinajstić information content (AvgIpc) is 2.60. The van der Waals surface area contributed by atoms with Crippen molar-refractivity contribution in [2.24, 2.45) is 5.10 Å². The number of hydrazone groups is 1. The Balaban J connectivity index is 1.80. The number of aromatic nitrogens is 1. The van der Waals surface area contributed by atoms with Crippen LogP contribution in [-0.4, -0.2) is 36.7 Å². The van der Waals surface area contributed by atoms with Gasteiger partial charge >= 0.3 is 0 Å². The van der Waals surface area contributed by atoms with E-state index in [-0.39, 0.29) is 12.5 Å². The molecule has 0 aliphatic carbocycles. The van der Waals surface area contributed by atoms with Gasteiger partial charge in [0.15, 0.2) is 0 Å². The van der Waals surface area contributed by atoms with E-state index >= 15 is 0 Å². The van der Waals surface area contributed by atoms with Crippen molar-refractivity contribution in [1.29, 1.82) is 0 Å². The van der Waals surface area contributed by atoms with Crippen LogP contribution in [0.5, 0.6) is 5.75 Å². The van der Waals surface area contributed by atoms with E-state index in [0.29, 0.717) is 5.56 Å². The Labute approximate surface area is 152 Å². The number of amides is 2. The zero-order valence-electron chi connectivity index (χ0n) is 12.8. The highest BCUT2D eigenvalue weighted by atomic mass is 127. The highest BCUT2D eigenvalue weighted by Crippen LogP contribution is 2.20. The third-order valence-electron chi connectivity index (χ3n) is 2.93. The molecule has 0 unspecified atom stereocenters. The molecule has 8 heteroatoms. The fourth-order valence-corrected chi connectivity index (χ4v) is 2.51. The first-order valence-electron chi connectivity index (χ1n) is 6.94. The standard InChI is InChI=1S/C16H15IN4O3/c1-24-14-3-2-11(8-13(14)17)9-20-21-15(22)10-19-16(23)12-4-6-18-7-5-12/h2-9H,10H2,1H3,(H,19,23)(H,21,22). The van der Waals surface area contributed by atoms with Crippen molar-refractivity contribution in [2.45, 2.75) is 0 Å². The summed E-state index contributed by atoms with van der Waals surface area (Å²) in [6, 6.07) is 8.65. The summed E-state index contributed by atoms with van der Waals surface area (Å²) in [5.41, 5.74) is 3.62. The lowest BCUT2D eigenvalue weighted by atomic mass is 10.2. The lowest BCUT2D eigenvalue weighted by molar-refractivity contribution is -0.120. The summed E-state index contributed by atoms with van der Waals surface area (Å²) in [7, 11) is 1.60. The number of carbonyl (C=O) groups excluding carboxylic acids is 2. The Kier molecular flexibility index (Phi) is 6.67. The zero-order chi connectivity index (χ0) is 17.4. The van der Waals surface area contributed by atoms with E-state index < -0.39 is 5.91 Å². The third kappa shape index (κ3) is 5.30. The number of hydrogen-bond donors (Lipinski definition) is 2. The van der Waals surface area contributed by atoms with Crippen LogP contribution in [0.2, 0.25) is 0 Å². The van der Waals surface area contributed by atoms with Crippen molar-refractivity contribution >= 4 is 40.6 Å². The smallest absolute Gasteiger partial charge is 0.259 e. The number of hydrogen-bond acceptors (Lipinski definition) is 5. The van der Waals surface area contributed by atoms with E-state index in [1.165, 1.54) is 18.6 Å². The van der Waals surface area contributed by atoms with Gasteiger partial charge in [0.25, 0.3) is 11.8 Å². The second-order valence-corrected chi connectivity index (χ2v) is 5.77. The summed E-state index contributed by atoms with van der Waals surface area (Å²) in [5.74, 6) is 0.00807. The number of nitrogens with zero attached hydrogens (tertiary/aromatic N) is 2. The molecule has 1 aromatic heterocycles. The maximum Gasteiger partial charge on any atom is 0.259 e. The fourth-order valence-electron chi connectivity index (χ4n) is 1.75. The van der Waals surface area contributed by atoms with Crippen LogP contribution in [0.4, 0.5) is 0 Å². The minimum atomic E-state index is -0.420. The van der Waals surface area contributed by atoms with Crippen molar-refractivity contribution in [1.82, 2.24) is 15.7 Å². The average molecular weight is 438 g/mol. The van der Waals surface area contributed by atoms with Gasteiger partial charge in [-0.15, -0.1) is 0 Å². The summed E-state index contributed by atoms with van der Waals surface area (Å²) < 4.78 is 6.11. The molecule has 2 rings (SSSR count). The van der Waals surface area contributed by atoms with Gasteiger partial charge in [0.05, 0.1) is 23.4 Å². The molecule has 0 spiro atoms. The second kappa shape index (κ2) is 8.96. The summed E-state index contributed by atoms with van der Waals surface area (Å²) in [6.45, 7) is -0.168. The number of rotatable bonds is 6. The Hall–Kier alpha value is -2.49. The Morgan fingerprint density at radius 3 is 2.71 bits per heavy atom. The first kappa shape index (κ1) is 17.9. The molecule has 124 valence electrons. The van der Waals surface area contributed by atoms with Crippen LogP contribution in [0.25, 0.3) is 0 Å². The van der Waals surface area contributed by atoms with E-state index in [1.54, 1.807) is 19.2 Å². The number of halogens is 1. The quantitative estimate of drug-likeness (QED) is 0.407. The number of methoxy groups -OCH3 is 1. The Bertz CT molecular complexity index is 750. The maximum atomic E-state index is 11.8. The first-order valence-corrected chi connectivity index (χ1v) is 8.01.